The number of aromatic carboxylic acids is 1. The number of carboxylic acid groups (broad SMARTS) is 1. The van der Waals surface area contributed by atoms with E-state index < -0.39 is 22.4 Å². The molecule has 2 aliphatic rings. The number of aliphatic hydroxyl groups is 1. The predicted molar refractivity (Wildman–Crippen MR) is 139 cm³/mol. The third-order valence-electron chi connectivity index (χ3n) is 7.14. The minimum atomic E-state index is -1.20. The van der Waals surface area contributed by atoms with Crippen LogP contribution in [0.1, 0.15) is 34.9 Å². The molecule has 12 nitrogen and oxygen atoms in total. The molecule has 2 atom stereocenters. The van der Waals surface area contributed by atoms with Crippen molar-refractivity contribution >= 4 is 40.1 Å². The molecule has 2 aromatic heterocycles. The van der Waals surface area contributed by atoms with Crippen molar-refractivity contribution in [2.45, 2.75) is 43.3 Å². The highest BCUT2D eigenvalue weighted by Gasteiger charge is 2.33. The zero-order chi connectivity index (χ0) is 26.4. The van der Waals surface area contributed by atoms with Gasteiger partial charge in [-0.2, -0.15) is 0 Å². The zero-order valence-corrected chi connectivity index (χ0v) is 21.3. The molecule has 1 saturated heterocycles. The summed E-state index contributed by atoms with van der Waals surface area (Å²) in [6, 6.07) is 5.57. The number of thioether (sulfide) groups is 1. The zero-order valence-electron chi connectivity index (χ0n) is 20.5. The smallest absolute Gasteiger partial charge is 0.342 e. The lowest BCUT2D eigenvalue weighted by atomic mass is 10.1. The van der Waals surface area contributed by atoms with Crippen LogP contribution in [-0.4, -0.2) is 79.0 Å². The lowest BCUT2D eigenvalue weighted by Crippen LogP contribution is -2.47. The number of piperazine rings is 1. The van der Waals surface area contributed by atoms with Gasteiger partial charge in [0.2, 0.25) is 5.43 Å². The van der Waals surface area contributed by atoms with Crippen LogP contribution >= 0.6 is 11.8 Å². The molecule has 196 valence electrons. The largest absolute Gasteiger partial charge is 0.477 e. The highest BCUT2D eigenvalue weighted by molar-refractivity contribution is 8.00. The Morgan fingerprint density at radius 2 is 2.03 bits per heavy atom. The normalized spacial score (nSPS) is 18.5. The summed E-state index contributed by atoms with van der Waals surface area (Å²) < 4.78 is 3.36. The summed E-state index contributed by atoms with van der Waals surface area (Å²) in [6.07, 6.45) is 0.972. The van der Waals surface area contributed by atoms with Crippen LogP contribution in [0.2, 0.25) is 0 Å². The Kier molecular flexibility index (Phi) is 6.68. The number of hydrogen-bond acceptors (Lipinski definition) is 9. The second-order valence-electron chi connectivity index (χ2n) is 9.41. The molecule has 2 unspecified atom stereocenters. The summed E-state index contributed by atoms with van der Waals surface area (Å²) in [6.45, 7) is 7.57. The van der Waals surface area contributed by atoms with Crippen molar-refractivity contribution in [2.75, 3.05) is 37.6 Å². The summed E-state index contributed by atoms with van der Waals surface area (Å²) in [5.41, 5.74) is 1.13. The lowest BCUT2D eigenvalue weighted by Gasteiger charge is -2.37. The Labute approximate surface area is 216 Å². The molecule has 1 aromatic carbocycles. The van der Waals surface area contributed by atoms with Gasteiger partial charge in [0.05, 0.1) is 22.0 Å². The van der Waals surface area contributed by atoms with Gasteiger partial charge in [-0.3, -0.25) is 9.69 Å². The average Bonchev–Trinajstić information content (AvgIpc) is 3.22. The van der Waals surface area contributed by atoms with E-state index in [0.29, 0.717) is 29.2 Å². The van der Waals surface area contributed by atoms with Crippen LogP contribution < -0.4 is 10.3 Å². The number of rotatable bonds is 8. The van der Waals surface area contributed by atoms with Gasteiger partial charge < -0.3 is 29.8 Å². The number of aryl methyl sites for hydroxylation is 1. The molecule has 0 bridgehead atoms. The second kappa shape index (κ2) is 9.80. The first kappa shape index (κ1) is 25.2. The van der Waals surface area contributed by atoms with Gasteiger partial charge in [-0.15, -0.1) is 0 Å². The molecule has 0 saturated carbocycles. The van der Waals surface area contributed by atoms with Crippen molar-refractivity contribution in [3.05, 3.63) is 56.1 Å². The molecule has 4 heterocycles. The summed E-state index contributed by atoms with van der Waals surface area (Å²) in [5.74, 6) is -0.817. The molecule has 5 rings (SSSR count). The van der Waals surface area contributed by atoms with Crippen LogP contribution in [0.5, 0.6) is 0 Å². The van der Waals surface area contributed by atoms with Crippen molar-refractivity contribution in [3.8, 4) is 0 Å². The van der Waals surface area contributed by atoms with Gasteiger partial charge in [-0.1, -0.05) is 11.8 Å². The number of carboxylic acids is 1. The number of aromatic nitrogens is 3. The molecule has 13 heteroatoms. The van der Waals surface area contributed by atoms with Crippen LogP contribution in [0.25, 0.3) is 10.9 Å². The minimum Gasteiger partial charge on any atom is -0.477 e. The SMILES string of the molecule is Cc1ncc([N+](=O)[O-])n1CC(O)CCN1CCN(c2ccc3c(=O)c(C(=O)O)c4n(c3c2)C(C)S4)CC1. The van der Waals surface area contributed by atoms with E-state index in [1.54, 1.807) is 13.0 Å². The molecule has 2 aliphatic heterocycles. The average molecular weight is 529 g/mol. The quantitative estimate of drug-likeness (QED) is 0.330. The number of carbonyl (C=O) groups is 1. The summed E-state index contributed by atoms with van der Waals surface area (Å²) in [5, 5.41) is 32.2. The number of hydrogen-bond donors (Lipinski definition) is 2. The van der Waals surface area contributed by atoms with E-state index in [2.05, 4.69) is 14.8 Å². The van der Waals surface area contributed by atoms with Crippen molar-refractivity contribution in [1.82, 2.24) is 19.0 Å². The molecule has 2 N–H and O–H groups in total. The van der Waals surface area contributed by atoms with Crippen LogP contribution in [-0.2, 0) is 6.54 Å². The van der Waals surface area contributed by atoms with Gasteiger partial charge >= 0.3 is 11.8 Å². The van der Waals surface area contributed by atoms with E-state index >= 15 is 0 Å². The Morgan fingerprint density at radius 3 is 2.68 bits per heavy atom. The third kappa shape index (κ3) is 4.58. The fourth-order valence-corrected chi connectivity index (χ4v) is 6.25. The van der Waals surface area contributed by atoms with Crippen molar-refractivity contribution in [2.24, 2.45) is 0 Å². The Hall–Kier alpha value is -3.42. The van der Waals surface area contributed by atoms with Gasteiger partial charge in [0.1, 0.15) is 18.3 Å². The summed E-state index contributed by atoms with van der Waals surface area (Å²) in [4.78, 5) is 43.6. The number of aliphatic hydroxyl groups excluding tert-OH is 1. The van der Waals surface area contributed by atoms with Crippen LogP contribution in [0.3, 0.4) is 0 Å². The van der Waals surface area contributed by atoms with E-state index in [4.69, 9.17) is 0 Å². The van der Waals surface area contributed by atoms with Gasteiger partial charge in [-0.25, -0.2) is 14.3 Å². The summed E-state index contributed by atoms with van der Waals surface area (Å²) in [7, 11) is 0. The predicted octanol–water partition coefficient (Wildman–Crippen LogP) is 2.31. The van der Waals surface area contributed by atoms with Gasteiger partial charge in [0.15, 0.2) is 5.82 Å². The molecular formula is C24H28N6O6S. The highest BCUT2D eigenvalue weighted by Crippen LogP contribution is 2.46. The summed E-state index contributed by atoms with van der Waals surface area (Å²) >= 11 is 1.39. The Balaban J connectivity index is 1.22. The fourth-order valence-electron chi connectivity index (χ4n) is 5.09. The molecule has 0 amide bonds. The molecule has 37 heavy (non-hydrogen) atoms. The van der Waals surface area contributed by atoms with Gasteiger partial charge in [0, 0.05) is 50.7 Å². The monoisotopic (exact) mass is 528 g/mol. The number of benzene rings is 1. The van der Waals surface area contributed by atoms with Crippen LogP contribution in [0, 0.1) is 17.0 Å². The van der Waals surface area contributed by atoms with Gasteiger partial charge in [0.25, 0.3) is 0 Å². The number of pyridine rings is 1. The molecule has 3 aromatic rings. The number of imidazole rings is 1. The van der Waals surface area contributed by atoms with E-state index in [-0.39, 0.29) is 23.3 Å². The lowest BCUT2D eigenvalue weighted by molar-refractivity contribution is -0.392. The van der Waals surface area contributed by atoms with Crippen molar-refractivity contribution in [3.63, 3.8) is 0 Å². The maximum Gasteiger partial charge on any atom is 0.342 e. The molecule has 0 spiro atoms. The standard InChI is InChI=1S/C24H28N6O6S/c1-14-25-12-20(30(35)36)28(14)13-17(31)5-6-26-7-9-27(10-8-26)16-3-4-18-19(11-16)29-15(2)37-23(29)21(22(18)32)24(33)34/h3-4,11-12,15,17,31H,5-10,13H2,1-2H3,(H,33,34). The van der Waals surface area contributed by atoms with Gasteiger partial charge in [-0.05, 0) is 36.5 Å². The maximum absolute atomic E-state index is 12.8. The number of fused-ring (bicyclic) bond motifs is 3. The molecular weight excluding hydrogens is 500 g/mol. The maximum atomic E-state index is 12.8. The molecule has 0 aliphatic carbocycles. The van der Waals surface area contributed by atoms with E-state index in [0.717, 1.165) is 37.4 Å². The number of anilines is 1. The topological polar surface area (TPSA) is 147 Å². The first-order chi connectivity index (χ1) is 17.7. The molecule has 0 radical (unpaired) electrons. The van der Waals surface area contributed by atoms with E-state index in [1.165, 1.54) is 22.5 Å². The van der Waals surface area contributed by atoms with E-state index in [1.807, 2.05) is 23.6 Å². The number of nitrogens with zero attached hydrogens (tertiary/aromatic N) is 6. The van der Waals surface area contributed by atoms with Crippen molar-refractivity contribution in [1.29, 1.82) is 0 Å². The third-order valence-corrected chi connectivity index (χ3v) is 8.31. The first-order valence-corrected chi connectivity index (χ1v) is 13.0. The number of nitro groups is 1. The minimum absolute atomic E-state index is 0.0577. The second-order valence-corrected chi connectivity index (χ2v) is 10.7. The van der Waals surface area contributed by atoms with Crippen LogP contribution in [0.15, 0.2) is 34.2 Å². The Morgan fingerprint density at radius 1 is 1.30 bits per heavy atom. The Bertz CT molecular complexity index is 1440. The highest BCUT2D eigenvalue weighted by atomic mass is 32.2. The first-order valence-electron chi connectivity index (χ1n) is 12.1. The van der Waals surface area contributed by atoms with E-state index in [9.17, 15) is 29.9 Å². The molecule has 1 fully saturated rings. The van der Waals surface area contributed by atoms with Crippen molar-refractivity contribution < 1.29 is 19.9 Å². The fraction of sp³-hybridized carbons (Fsp3) is 0.458. The van der Waals surface area contributed by atoms with Crippen LogP contribution in [0.4, 0.5) is 11.5 Å².